The lowest BCUT2D eigenvalue weighted by Gasteiger charge is -2.22. The van der Waals surface area contributed by atoms with Crippen LogP contribution in [0.1, 0.15) is 25.3 Å². The van der Waals surface area contributed by atoms with Crippen LogP contribution >= 0.6 is 34.8 Å². The molecule has 1 fully saturated rings. The summed E-state index contributed by atoms with van der Waals surface area (Å²) in [7, 11) is 0. The van der Waals surface area contributed by atoms with Gasteiger partial charge in [0.1, 0.15) is 12.6 Å². The molecular formula is C20H21Cl3F3NO7. The summed E-state index contributed by atoms with van der Waals surface area (Å²) in [5.41, 5.74) is 1.04. The van der Waals surface area contributed by atoms with Crippen molar-refractivity contribution in [1.82, 2.24) is 4.90 Å². The van der Waals surface area contributed by atoms with Crippen LogP contribution in [0.3, 0.4) is 0 Å². The Hall–Kier alpha value is -2.21. The van der Waals surface area contributed by atoms with Crippen molar-refractivity contribution in [3.05, 3.63) is 35.9 Å². The number of hydrogen-bond acceptors (Lipinski definition) is 7. The molecule has 2 rings (SSSR count). The largest absolute Gasteiger partial charge is 0.471 e. The van der Waals surface area contributed by atoms with Crippen molar-refractivity contribution >= 4 is 62.4 Å². The highest BCUT2D eigenvalue weighted by molar-refractivity contribution is 6.65. The molecule has 0 spiro atoms. The fourth-order valence-corrected chi connectivity index (χ4v) is 2.75. The number of ether oxygens (including phenoxy) is 2. The van der Waals surface area contributed by atoms with Gasteiger partial charge in [-0.1, -0.05) is 30.3 Å². The number of benzene rings is 1. The lowest BCUT2D eigenvalue weighted by molar-refractivity contribution is -0.186. The van der Waals surface area contributed by atoms with Crippen molar-refractivity contribution < 1.29 is 46.6 Å². The molecule has 0 saturated carbocycles. The fourth-order valence-electron chi connectivity index (χ4n) is 2.39. The molecule has 1 atom stereocenters. The number of amides is 1. The Balaban J connectivity index is 0.000000500. The summed E-state index contributed by atoms with van der Waals surface area (Å²) in [5.74, 6) is -2.49. The molecule has 190 valence electrons. The van der Waals surface area contributed by atoms with Crippen molar-refractivity contribution in [2.45, 2.75) is 38.6 Å². The molecule has 1 heterocycles. The number of halogens is 6. The normalized spacial score (nSPS) is 14.7. The Morgan fingerprint density at radius 3 is 1.97 bits per heavy atom. The van der Waals surface area contributed by atoms with Crippen LogP contribution in [0.15, 0.2) is 30.3 Å². The number of carbonyl (C=O) groups is 5. The smallest absolute Gasteiger partial charge is 0.456 e. The second-order valence-electron chi connectivity index (χ2n) is 6.43. The highest BCUT2D eigenvalue weighted by atomic mass is 35.5. The van der Waals surface area contributed by atoms with Gasteiger partial charge >= 0.3 is 18.1 Å². The molecule has 1 aromatic carbocycles. The summed E-state index contributed by atoms with van der Waals surface area (Å²) >= 11 is 15.0. The number of rotatable bonds is 7. The fraction of sp³-hybridized carbons (Fsp3) is 0.450. The summed E-state index contributed by atoms with van der Waals surface area (Å²) in [6.07, 6.45) is -4.37. The van der Waals surface area contributed by atoms with E-state index in [0.29, 0.717) is 17.9 Å². The van der Waals surface area contributed by atoms with Crippen molar-refractivity contribution in [1.29, 1.82) is 0 Å². The highest BCUT2D eigenvalue weighted by Crippen LogP contribution is 2.26. The highest BCUT2D eigenvalue weighted by Gasteiger charge is 2.47. The second kappa shape index (κ2) is 16.4. The van der Waals surface area contributed by atoms with Crippen LogP contribution in [0.25, 0.3) is 0 Å². The van der Waals surface area contributed by atoms with E-state index in [0.717, 1.165) is 5.56 Å². The molecule has 1 aromatic rings. The first-order valence-electron chi connectivity index (χ1n) is 9.44. The van der Waals surface area contributed by atoms with Gasteiger partial charge in [-0.3, -0.25) is 24.0 Å². The molecule has 1 unspecified atom stereocenters. The van der Waals surface area contributed by atoms with Crippen molar-refractivity contribution in [2.24, 2.45) is 0 Å². The predicted molar refractivity (Wildman–Crippen MR) is 116 cm³/mol. The van der Waals surface area contributed by atoms with E-state index in [1.165, 1.54) is 6.92 Å². The maximum absolute atomic E-state index is 12.0. The Bertz CT molecular complexity index is 824. The number of hydrogen-bond donors (Lipinski definition) is 0. The standard InChI is InChI=1S/C9H9ClO2.C7H7ClF3NO2.C4H5ClO3/c10-9(11)7-12-6-8-4-2-1-3-5-8;8-5(13)4-2-1-3-12(4)6(14)7(9,10)11;1-3(6)8-2-4(5)7/h1-5H,6-7H2;4H,1-3H2;2H2,1H3. The summed E-state index contributed by atoms with van der Waals surface area (Å²) < 4.78 is 45.2. The molecule has 1 aliphatic heterocycles. The Morgan fingerprint density at radius 1 is 1.00 bits per heavy atom. The van der Waals surface area contributed by atoms with Gasteiger partial charge in [0, 0.05) is 13.5 Å². The van der Waals surface area contributed by atoms with Crippen molar-refractivity contribution in [2.75, 3.05) is 19.8 Å². The van der Waals surface area contributed by atoms with Gasteiger partial charge in [-0.2, -0.15) is 13.2 Å². The summed E-state index contributed by atoms with van der Waals surface area (Å²) in [6, 6.07) is 8.50. The van der Waals surface area contributed by atoms with E-state index in [9.17, 15) is 37.1 Å². The molecule has 0 radical (unpaired) electrons. The van der Waals surface area contributed by atoms with Gasteiger partial charge in [-0.25, -0.2) is 0 Å². The molecule has 0 N–H and O–H groups in total. The molecule has 0 aromatic heterocycles. The van der Waals surface area contributed by atoms with E-state index >= 15 is 0 Å². The predicted octanol–water partition coefficient (Wildman–Crippen LogP) is 3.59. The van der Waals surface area contributed by atoms with E-state index in [1.807, 2.05) is 30.3 Å². The van der Waals surface area contributed by atoms with E-state index in [4.69, 9.17) is 39.5 Å². The first-order chi connectivity index (χ1) is 15.8. The van der Waals surface area contributed by atoms with Crippen LogP contribution in [-0.4, -0.2) is 64.5 Å². The molecule has 1 aliphatic rings. The van der Waals surface area contributed by atoms with Crippen LogP contribution < -0.4 is 0 Å². The minimum atomic E-state index is -4.94. The van der Waals surface area contributed by atoms with E-state index in [1.54, 1.807) is 0 Å². The number of esters is 1. The molecule has 34 heavy (non-hydrogen) atoms. The maximum atomic E-state index is 12.0. The first-order valence-corrected chi connectivity index (χ1v) is 10.6. The molecule has 0 aliphatic carbocycles. The monoisotopic (exact) mass is 549 g/mol. The lowest BCUT2D eigenvalue weighted by Crippen LogP contribution is -2.45. The third kappa shape index (κ3) is 14.8. The number of likely N-dealkylation sites (tertiary alicyclic amines) is 1. The zero-order valence-corrected chi connectivity index (χ0v) is 20.0. The molecular weight excluding hydrogens is 530 g/mol. The molecule has 1 saturated heterocycles. The molecule has 14 heteroatoms. The minimum absolute atomic E-state index is 0.0313. The zero-order valence-electron chi connectivity index (χ0n) is 17.8. The average molecular weight is 551 g/mol. The third-order valence-corrected chi connectivity index (χ3v) is 4.20. The van der Waals surface area contributed by atoms with Gasteiger partial charge < -0.3 is 14.4 Å². The van der Waals surface area contributed by atoms with Gasteiger partial charge in [0.2, 0.25) is 10.5 Å². The van der Waals surface area contributed by atoms with Gasteiger partial charge in [0.15, 0.2) is 6.61 Å². The van der Waals surface area contributed by atoms with Gasteiger partial charge in [0.05, 0.1) is 6.61 Å². The van der Waals surface area contributed by atoms with Gasteiger partial charge in [-0.15, -0.1) is 0 Å². The molecule has 8 nitrogen and oxygen atoms in total. The number of alkyl halides is 3. The van der Waals surface area contributed by atoms with Crippen LogP contribution in [0, 0.1) is 0 Å². The zero-order chi connectivity index (χ0) is 26.3. The average Bonchev–Trinajstić information content (AvgIpc) is 3.22. The van der Waals surface area contributed by atoms with Crippen LogP contribution in [0.2, 0.25) is 0 Å². The Morgan fingerprint density at radius 2 is 1.56 bits per heavy atom. The Labute approximate surface area is 208 Å². The maximum Gasteiger partial charge on any atom is 0.471 e. The number of nitrogens with zero attached hydrogens (tertiary/aromatic N) is 1. The van der Waals surface area contributed by atoms with E-state index in [2.05, 4.69) is 4.74 Å². The SMILES string of the molecule is CC(=O)OCC(=O)Cl.O=C(Cl)C1CCCN1C(=O)C(F)(F)F.O=C(Cl)COCc1ccccc1. The number of carbonyl (C=O) groups excluding carboxylic acids is 5. The second-order valence-corrected chi connectivity index (χ2v) is 7.64. The van der Waals surface area contributed by atoms with Crippen molar-refractivity contribution in [3.8, 4) is 0 Å². The van der Waals surface area contributed by atoms with Crippen LogP contribution in [0.5, 0.6) is 0 Å². The first kappa shape index (κ1) is 31.8. The van der Waals surface area contributed by atoms with Crippen LogP contribution in [0.4, 0.5) is 13.2 Å². The van der Waals surface area contributed by atoms with Gasteiger partial charge in [-0.05, 0) is 53.2 Å². The topological polar surface area (TPSA) is 107 Å². The van der Waals surface area contributed by atoms with Crippen molar-refractivity contribution in [3.63, 3.8) is 0 Å². The Kier molecular flexibility index (Phi) is 15.4. The quantitative estimate of drug-likeness (QED) is 0.377. The van der Waals surface area contributed by atoms with E-state index in [-0.39, 0.29) is 26.2 Å². The van der Waals surface area contributed by atoms with E-state index < -0.39 is 39.8 Å². The molecule has 1 amide bonds. The van der Waals surface area contributed by atoms with Gasteiger partial charge in [0.25, 0.3) is 5.24 Å². The summed E-state index contributed by atoms with van der Waals surface area (Å²) in [6.45, 7) is 1.20. The third-order valence-electron chi connectivity index (χ3n) is 3.73. The van der Waals surface area contributed by atoms with Crippen LogP contribution in [-0.2, 0) is 40.1 Å². The minimum Gasteiger partial charge on any atom is -0.456 e. The molecule has 0 bridgehead atoms. The lowest BCUT2D eigenvalue weighted by atomic mass is 10.2. The summed E-state index contributed by atoms with van der Waals surface area (Å²) in [5, 5.41) is -2.05. The summed E-state index contributed by atoms with van der Waals surface area (Å²) in [4.78, 5) is 52.0.